The fraction of sp³-hybridized carbons (Fsp3) is 0.923. The van der Waals surface area contributed by atoms with Crippen LogP contribution in [0.2, 0.25) is 0 Å². The first-order valence-corrected chi connectivity index (χ1v) is 6.69. The van der Waals surface area contributed by atoms with E-state index < -0.39 is 5.41 Å². The Kier molecular flexibility index (Phi) is 5.40. The van der Waals surface area contributed by atoms with Gasteiger partial charge in [-0.2, -0.15) is 0 Å². The molecule has 4 heteroatoms. The fourth-order valence-electron chi connectivity index (χ4n) is 2.36. The van der Waals surface area contributed by atoms with Crippen LogP contribution in [0.25, 0.3) is 0 Å². The van der Waals surface area contributed by atoms with E-state index >= 15 is 0 Å². The Morgan fingerprint density at radius 1 is 1.47 bits per heavy atom. The van der Waals surface area contributed by atoms with Crippen LogP contribution in [-0.4, -0.2) is 30.2 Å². The maximum absolute atomic E-state index is 12.2. The van der Waals surface area contributed by atoms with Crippen LogP contribution in [0.15, 0.2) is 0 Å². The molecule has 0 spiro atoms. The van der Waals surface area contributed by atoms with Crippen LogP contribution >= 0.6 is 0 Å². The summed E-state index contributed by atoms with van der Waals surface area (Å²) in [4.78, 5) is 12.2. The molecular weight excluding hydrogens is 216 g/mol. The lowest BCUT2D eigenvalue weighted by molar-refractivity contribution is -0.131. The third-order valence-corrected chi connectivity index (χ3v) is 4.24. The molecule has 1 fully saturated rings. The summed E-state index contributed by atoms with van der Waals surface area (Å²) in [5.41, 5.74) is 5.21. The SMILES string of the molecule is CCC(C)(CN)C(=O)NC1CCCCC1CO. The first kappa shape index (κ1) is 14.5. The molecule has 17 heavy (non-hydrogen) atoms. The van der Waals surface area contributed by atoms with Crippen LogP contribution in [0, 0.1) is 11.3 Å². The van der Waals surface area contributed by atoms with Gasteiger partial charge in [-0.05, 0) is 26.2 Å². The number of carbonyl (C=O) groups is 1. The van der Waals surface area contributed by atoms with E-state index in [4.69, 9.17) is 5.73 Å². The molecule has 1 aliphatic carbocycles. The monoisotopic (exact) mass is 242 g/mol. The Labute approximate surface area is 104 Å². The zero-order valence-electron chi connectivity index (χ0n) is 11.0. The molecule has 100 valence electrons. The summed E-state index contributed by atoms with van der Waals surface area (Å²) in [6, 6.07) is 0.124. The minimum absolute atomic E-state index is 0.0350. The van der Waals surface area contributed by atoms with Crippen molar-refractivity contribution in [1.82, 2.24) is 5.32 Å². The molecule has 0 radical (unpaired) electrons. The highest BCUT2D eigenvalue weighted by Gasteiger charge is 2.33. The standard InChI is InChI=1S/C13H26N2O2/c1-3-13(2,9-14)12(17)15-11-7-5-4-6-10(11)8-16/h10-11,16H,3-9,14H2,1-2H3,(H,15,17). The Morgan fingerprint density at radius 3 is 2.65 bits per heavy atom. The molecular formula is C13H26N2O2. The molecule has 4 N–H and O–H groups in total. The van der Waals surface area contributed by atoms with Gasteiger partial charge in [0.1, 0.15) is 0 Å². The van der Waals surface area contributed by atoms with Crippen LogP contribution in [0.5, 0.6) is 0 Å². The number of hydrogen-bond donors (Lipinski definition) is 3. The molecule has 1 amide bonds. The van der Waals surface area contributed by atoms with Gasteiger partial charge in [0.2, 0.25) is 5.91 Å². The van der Waals surface area contributed by atoms with Crippen molar-refractivity contribution in [3.05, 3.63) is 0 Å². The Hall–Kier alpha value is -0.610. The van der Waals surface area contributed by atoms with Crippen LogP contribution < -0.4 is 11.1 Å². The molecule has 0 heterocycles. The van der Waals surface area contributed by atoms with Crippen LogP contribution in [0.1, 0.15) is 46.0 Å². The zero-order valence-corrected chi connectivity index (χ0v) is 11.0. The number of aliphatic hydroxyl groups excluding tert-OH is 1. The Balaban J connectivity index is 2.60. The maximum atomic E-state index is 12.2. The van der Waals surface area contributed by atoms with Crippen LogP contribution in [0.3, 0.4) is 0 Å². The highest BCUT2D eigenvalue weighted by molar-refractivity contribution is 5.82. The van der Waals surface area contributed by atoms with Gasteiger partial charge in [-0.15, -0.1) is 0 Å². The number of rotatable bonds is 5. The van der Waals surface area contributed by atoms with Gasteiger partial charge in [0.15, 0.2) is 0 Å². The fourth-order valence-corrected chi connectivity index (χ4v) is 2.36. The molecule has 3 unspecified atom stereocenters. The van der Waals surface area contributed by atoms with E-state index in [1.807, 2.05) is 13.8 Å². The molecule has 1 saturated carbocycles. The summed E-state index contributed by atoms with van der Waals surface area (Å²) in [5.74, 6) is 0.249. The molecule has 3 atom stereocenters. The van der Waals surface area contributed by atoms with Gasteiger partial charge >= 0.3 is 0 Å². The molecule has 0 aromatic rings. The second-order valence-electron chi connectivity index (χ2n) is 5.43. The second kappa shape index (κ2) is 6.36. The molecule has 4 nitrogen and oxygen atoms in total. The summed E-state index contributed by atoms with van der Waals surface area (Å²) in [7, 11) is 0. The molecule has 0 bridgehead atoms. The van der Waals surface area contributed by atoms with E-state index in [1.54, 1.807) is 0 Å². The van der Waals surface area contributed by atoms with Crippen molar-refractivity contribution >= 4 is 5.91 Å². The van der Waals surface area contributed by atoms with Gasteiger partial charge in [-0.1, -0.05) is 19.8 Å². The van der Waals surface area contributed by atoms with E-state index in [-0.39, 0.29) is 24.5 Å². The van der Waals surface area contributed by atoms with Crippen molar-refractivity contribution in [3.63, 3.8) is 0 Å². The number of carbonyl (C=O) groups excluding carboxylic acids is 1. The smallest absolute Gasteiger partial charge is 0.227 e. The van der Waals surface area contributed by atoms with E-state index in [9.17, 15) is 9.90 Å². The summed E-state index contributed by atoms with van der Waals surface area (Å²) < 4.78 is 0. The number of nitrogens with two attached hydrogens (primary N) is 1. The number of amides is 1. The lowest BCUT2D eigenvalue weighted by atomic mass is 9.82. The van der Waals surface area contributed by atoms with Crippen molar-refractivity contribution in [2.75, 3.05) is 13.2 Å². The van der Waals surface area contributed by atoms with E-state index in [2.05, 4.69) is 5.32 Å². The summed E-state index contributed by atoms with van der Waals surface area (Å²) in [6.45, 7) is 4.41. The lowest BCUT2D eigenvalue weighted by Gasteiger charge is -2.34. The molecule has 1 rings (SSSR count). The van der Waals surface area contributed by atoms with Crippen molar-refractivity contribution in [3.8, 4) is 0 Å². The molecule has 0 aromatic carbocycles. The summed E-state index contributed by atoms with van der Waals surface area (Å²) in [5, 5.41) is 12.4. The van der Waals surface area contributed by atoms with Gasteiger partial charge in [0, 0.05) is 25.1 Å². The zero-order chi connectivity index (χ0) is 12.9. The third kappa shape index (κ3) is 3.42. The average Bonchev–Trinajstić information content (AvgIpc) is 2.38. The predicted octanol–water partition coefficient (Wildman–Crippen LogP) is 1.03. The largest absolute Gasteiger partial charge is 0.396 e. The first-order valence-electron chi connectivity index (χ1n) is 6.69. The Bertz CT molecular complexity index is 252. The van der Waals surface area contributed by atoms with Crippen molar-refractivity contribution in [1.29, 1.82) is 0 Å². The van der Waals surface area contributed by atoms with E-state index in [0.29, 0.717) is 6.54 Å². The van der Waals surface area contributed by atoms with Gasteiger partial charge in [0.25, 0.3) is 0 Å². The van der Waals surface area contributed by atoms with Gasteiger partial charge in [0.05, 0.1) is 5.41 Å². The maximum Gasteiger partial charge on any atom is 0.227 e. The van der Waals surface area contributed by atoms with E-state index in [1.165, 1.54) is 0 Å². The van der Waals surface area contributed by atoms with Crippen LogP contribution in [-0.2, 0) is 4.79 Å². The second-order valence-corrected chi connectivity index (χ2v) is 5.43. The van der Waals surface area contributed by atoms with Gasteiger partial charge in [-0.3, -0.25) is 4.79 Å². The first-order chi connectivity index (χ1) is 8.07. The molecule has 1 aliphatic rings. The number of hydrogen-bond acceptors (Lipinski definition) is 3. The topological polar surface area (TPSA) is 75.4 Å². The Morgan fingerprint density at radius 2 is 2.12 bits per heavy atom. The van der Waals surface area contributed by atoms with E-state index in [0.717, 1.165) is 32.1 Å². The van der Waals surface area contributed by atoms with Crippen molar-refractivity contribution in [2.24, 2.45) is 17.1 Å². The quantitative estimate of drug-likeness (QED) is 0.674. The van der Waals surface area contributed by atoms with Crippen molar-refractivity contribution < 1.29 is 9.90 Å². The average molecular weight is 242 g/mol. The minimum atomic E-state index is -0.475. The van der Waals surface area contributed by atoms with Gasteiger partial charge < -0.3 is 16.2 Å². The predicted molar refractivity (Wildman–Crippen MR) is 68.4 cm³/mol. The molecule has 0 saturated heterocycles. The third-order valence-electron chi connectivity index (χ3n) is 4.24. The lowest BCUT2D eigenvalue weighted by Crippen LogP contribution is -2.51. The summed E-state index contributed by atoms with van der Waals surface area (Å²) >= 11 is 0. The molecule has 0 aromatic heterocycles. The number of nitrogens with one attached hydrogen (secondary N) is 1. The highest BCUT2D eigenvalue weighted by atomic mass is 16.3. The number of aliphatic hydroxyl groups is 1. The highest BCUT2D eigenvalue weighted by Crippen LogP contribution is 2.26. The summed E-state index contributed by atoms with van der Waals surface area (Å²) in [6.07, 6.45) is 5.01. The minimum Gasteiger partial charge on any atom is -0.396 e. The van der Waals surface area contributed by atoms with Gasteiger partial charge in [-0.25, -0.2) is 0 Å². The van der Waals surface area contributed by atoms with Crippen molar-refractivity contribution in [2.45, 2.75) is 52.0 Å². The molecule has 0 aliphatic heterocycles. The normalized spacial score (nSPS) is 28.5. The van der Waals surface area contributed by atoms with Crippen LogP contribution in [0.4, 0.5) is 0 Å².